The third kappa shape index (κ3) is 3.71. The van der Waals surface area contributed by atoms with Crippen molar-refractivity contribution < 1.29 is 9.59 Å². The Hall–Kier alpha value is -3.29. The number of carbonyl (C=O) groups is 2. The summed E-state index contributed by atoms with van der Waals surface area (Å²) in [6.07, 6.45) is 2.92. The SMILES string of the molecule is Cc1ccnc2nc(C(=O)N3CCC(C(=O)NCc4ccccc4)CC3)nn12. The van der Waals surface area contributed by atoms with Crippen molar-refractivity contribution in [3.05, 3.63) is 59.7 Å². The van der Waals surface area contributed by atoms with Crippen LogP contribution in [-0.4, -0.2) is 49.4 Å². The van der Waals surface area contributed by atoms with Crippen LogP contribution < -0.4 is 5.32 Å². The number of benzene rings is 1. The van der Waals surface area contributed by atoms with Crippen molar-refractivity contribution in [2.75, 3.05) is 13.1 Å². The van der Waals surface area contributed by atoms with Crippen LogP contribution in [0.4, 0.5) is 0 Å². The van der Waals surface area contributed by atoms with Crippen molar-refractivity contribution in [1.29, 1.82) is 0 Å². The first kappa shape index (κ1) is 18.1. The number of rotatable bonds is 4. The molecule has 3 heterocycles. The number of nitrogens with one attached hydrogen (secondary N) is 1. The van der Waals surface area contributed by atoms with Gasteiger partial charge in [-0.05, 0) is 31.4 Å². The molecule has 1 aliphatic rings. The summed E-state index contributed by atoms with van der Waals surface area (Å²) in [6.45, 7) is 3.45. The second-order valence-electron chi connectivity index (χ2n) is 7.00. The van der Waals surface area contributed by atoms with Crippen molar-refractivity contribution >= 4 is 17.6 Å². The van der Waals surface area contributed by atoms with Crippen molar-refractivity contribution in [2.24, 2.45) is 5.92 Å². The third-order valence-electron chi connectivity index (χ3n) is 5.08. The van der Waals surface area contributed by atoms with E-state index in [1.54, 1.807) is 15.6 Å². The molecule has 3 aromatic rings. The molecule has 0 saturated carbocycles. The lowest BCUT2D eigenvalue weighted by Gasteiger charge is -2.30. The maximum atomic E-state index is 12.7. The fourth-order valence-corrected chi connectivity index (χ4v) is 3.41. The molecule has 0 spiro atoms. The molecule has 8 heteroatoms. The Bertz CT molecular complexity index is 992. The highest BCUT2D eigenvalue weighted by Crippen LogP contribution is 2.19. The molecule has 28 heavy (non-hydrogen) atoms. The number of hydrogen-bond acceptors (Lipinski definition) is 5. The van der Waals surface area contributed by atoms with Gasteiger partial charge in [-0.15, -0.1) is 5.10 Å². The highest BCUT2D eigenvalue weighted by Gasteiger charge is 2.29. The van der Waals surface area contributed by atoms with Crippen LogP contribution in [0, 0.1) is 12.8 Å². The minimum absolute atomic E-state index is 0.0432. The van der Waals surface area contributed by atoms with Crippen molar-refractivity contribution in [1.82, 2.24) is 29.8 Å². The van der Waals surface area contributed by atoms with E-state index >= 15 is 0 Å². The second kappa shape index (κ2) is 7.75. The van der Waals surface area contributed by atoms with E-state index in [-0.39, 0.29) is 23.6 Å². The van der Waals surface area contributed by atoms with Crippen LogP contribution in [0.2, 0.25) is 0 Å². The molecule has 0 bridgehead atoms. The van der Waals surface area contributed by atoms with Gasteiger partial charge >= 0.3 is 0 Å². The zero-order chi connectivity index (χ0) is 19.5. The Balaban J connectivity index is 1.33. The number of aromatic nitrogens is 4. The minimum atomic E-state index is -0.215. The van der Waals surface area contributed by atoms with Crippen LogP contribution in [0.3, 0.4) is 0 Å². The van der Waals surface area contributed by atoms with Gasteiger partial charge in [-0.2, -0.15) is 4.98 Å². The van der Waals surface area contributed by atoms with E-state index in [0.29, 0.717) is 38.3 Å². The smallest absolute Gasteiger partial charge is 0.293 e. The molecule has 2 amide bonds. The van der Waals surface area contributed by atoms with Crippen LogP contribution in [0.15, 0.2) is 42.6 Å². The molecule has 8 nitrogen and oxygen atoms in total. The first-order chi connectivity index (χ1) is 13.6. The Morgan fingerprint density at radius 1 is 1.14 bits per heavy atom. The van der Waals surface area contributed by atoms with Gasteiger partial charge in [-0.3, -0.25) is 9.59 Å². The predicted octanol–water partition coefficient (Wildman–Crippen LogP) is 1.60. The summed E-state index contributed by atoms with van der Waals surface area (Å²) in [5.41, 5.74) is 1.94. The van der Waals surface area contributed by atoms with Crippen LogP contribution in [-0.2, 0) is 11.3 Å². The highest BCUT2D eigenvalue weighted by molar-refractivity contribution is 5.91. The first-order valence-corrected chi connectivity index (χ1v) is 9.41. The molecule has 1 fully saturated rings. The number of fused-ring (bicyclic) bond motifs is 1. The van der Waals surface area contributed by atoms with Crippen LogP contribution in [0.1, 0.15) is 34.7 Å². The van der Waals surface area contributed by atoms with E-state index in [4.69, 9.17) is 0 Å². The Kier molecular flexibility index (Phi) is 5.01. The largest absolute Gasteiger partial charge is 0.352 e. The topological polar surface area (TPSA) is 92.5 Å². The van der Waals surface area contributed by atoms with E-state index in [0.717, 1.165) is 11.3 Å². The average Bonchev–Trinajstić information content (AvgIpc) is 3.18. The van der Waals surface area contributed by atoms with E-state index < -0.39 is 0 Å². The van der Waals surface area contributed by atoms with Gasteiger partial charge in [0, 0.05) is 37.4 Å². The zero-order valence-electron chi connectivity index (χ0n) is 15.7. The lowest BCUT2D eigenvalue weighted by Crippen LogP contribution is -2.43. The minimum Gasteiger partial charge on any atom is -0.352 e. The number of aryl methyl sites for hydroxylation is 1. The Morgan fingerprint density at radius 3 is 2.61 bits per heavy atom. The first-order valence-electron chi connectivity index (χ1n) is 9.41. The number of carbonyl (C=O) groups excluding carboxylic acids is 2. The summed E-state index contributed by atoms with van der Waals surface area (Å²) >= 11 is 0. The molecule has 1 aromatic carbocycles. The van der Waals surface area contributed by atoms with Crippen LogP contribution in [0.25, 0.3) is 5.78 Å². The van der Waals surface area contributed by atoms with Crippen LogP contribution in [0.5, 0.6) is 0 Å². The van der Waals surface area contributed by atoms with Crippen LogP contribution >= 0.6 is 0 Å². The molecule has 144 valence electrons. The monoisotopic (exact) mass is 378 g/mol. The Morgan fingerprint density at radius 2 is 1.89 bits per heavy atom. The van der Waals surface area contributed by atoms with Crippen molar-refractivity contribution in [3.63, 3.8) is 0 Å². The Labute approximate surface area is 162 Å². The molecular weight excluding hydrogens is 356 g/mol. The zero-order valence-corrected chi connectivity index (χ0v) is 15.7. The summed E-state index contributed by atoms with van der Waals surface area (Å²) in [6, 6.07) is 11.6. The molecule has 1 N–H and O–H groups in total. The van der Waals surface area contributed by atoms with E-state index in [1.165, 1.54) is 0 Å². The third-order valence-corrected chi connectivity index (χ3v) is 5.08. The molecule has 0 aliphatic carbocycles. The van der Waals surface area contributed by atoms with Gasteiger partial charge < -0.3 is 10.2 Å². The summed E-state index contributed by atoms with van der Waals surface area (Å²) in [5, 5.41) is 7.27. The molecule has 4 rings (SSSR count). The number of piperidine rings is 1. The quantitative estimate of drug-likeness (QED) is 0.744. The molecule has 1 saturated heterocycles. The molecule has 0 radical (unpaired) electrons. The van der Waals surface area contributed by atoms with E-state index in [2.05, 4.69) is 20.4 Å². The van der Waals surface area contributed by atoms with E-state index in [9.17, 15) is 9.59 Å². The second-order valence-corrected chi connectivity index (χ2v) is 7.00. The van der Waals surface area contributed by atoms with Crippen molar-refractivity contribution in [2.45, 2.75) is 26.3 Å². The number of hydrogen-bond donors (Lipinski definition) is 1. The van der Waals surface area contributed by atoms with Gasteiger partial charge in [0.05, 0.1) is 0 Å². The summed E-state index contributed by atoms with van der Waals surface area (Å²) in [7, 11) is 0. The summed E-state index contributed by atoms with van der Waals surface area (Å²) in [5.74, 6) is 0.313. The number of likely N-dealkylation sites (tertiary alicyclic amines) is 1. The highest BCUT2D eigenvalue weighted by atomic mass is 16.2. The standard InChI is InChI=1S/C20H22N6O2/c1-14-7-10-21-20-23-17(24-26(14)20)19(28)25-11-8-16(9-12-25)18(27)22-13-15-5-3-2-4-6-15/h2-7,10,16H,8-9,11-13H2,1H3,(H,22,27). The van der Waals surface area contributed by atoms with Crippen molar-refractivity contribution in [3.8, 4) is 0 Å². The molecular formula is C20H22N6O2. The van der Waals surface area contributed by atoms with E-state index in [1.807, 2.05) is 43.3 Å². The van der Waals surface area contributed by atoms with Gasteiger partial charge in [0.15, 0.2) is 0 Å². The summed E-state index contributed by atoms with van der Waals surface area (Å²) in [4.78, 5) is 35.2. The lowest BCUT2D eigenvalue weighted by atomic mass is 9.95. The predicted molar refractivity (Wildman–Crippen MR) is 102 cm³/mol. The van der Waals surface area contributed by atoms with Gasteiger partial charge in [0.1, 0.15) is 0 Å². The average molecular weight is 378 g/mol. The fourth-order valence-electron chi connectivity index (χ4n) is 3.41. The molecule has 0 unspecified atom stereocenters. The number of nitrogens with zero attached hydrogens (tertiary/aromatic N) is 5. The normalized spacial score (nSPS) is 15.0. The van der Waals surface area contributed by atoms with Gasteiger partial charge in [0.2, 0.25) is 11.7 Å². The van der Waals surface area contributed by atoms with Gasteiger partial charge in [-0.1, -0.05) is 30.3 Å². The molecule has 0 atom stereocenters. The fraction of sp³-hybridized carbons (Fsp3) is 0.350. The maximum Gasteiger partial charge on any atom is 0.293 e. The van der Waals surface area contributed by atoms with Gasteiger partial charge in [0.25, 0.3) is 11.7 Å². The van der Waals surface area contributed by atoms with Gasteiger partial charge in [-0.25, -0.2) is 9.50 Å². The number of amides is 2. The molecule has 1 aliphatic heterocycles. The molecule has 2 aromatic heterocycles. The maximum absolute atomic E-state index is 12.7. The summed E-state index contributed by atoms with van der Waals surface area (Å²) < 4.78 is 1.57. The lowest BCUT2D eigenvalue weighted by molar-refractivity contribution is -0.126.